The number of phenols is 2. The summed E-state index contributed by atoms with van der Waals surface area (Å²) >= 11 is 0. The van der Waals surface area contributed by atoms with Gasteiger partial charge in [-0.05, 0) is 24.3 Å². The molecule has 0 bridgehead atoms. The van der Waals surface area contributed by atoms with Crippen LogP contribution in [0.1, 0.15) is 31.8 Å². The molecule has 0 fully saturated rings. The number of benzene rings is 2. The molecule has 12 nitrogen and oxygen atoms in total. The molecule has 0 saturated heterocycles. The molecule has 0 aliphatic heterocycles. The van der Waals surface area contributed by atoms with Crippen LogP contribution in [0.3, 0.4) is 0 Å². The lowest BCUT2D eigenvalue weighted by Gasteiger charge is -2.13. The topological polar surface area (TPSA) is 224 Å². The minimum atomic E-state index is -4.92. The van der Waals surface area contributed by atoms with Crippen molar-refractivity contribution in [3.05, 3.63) is 46.5 Å². The van der Waals surface area contributed by atoms with Crippen molar-refractivity contribution in [2.45, 2.75) is 16.2 Å². The normalized spacial score (nSPS) is 11.9. The second kappa shape index (κ2) is 7.32. The summed E-state index contributed by atoms with van der Waals surface area (Å²) in [6, 6.07) is 2.23. The highest BCUT2D eigenvalue weighted by Crippen LogP contribution is 2.34. The average molecular weight is 448 g/mol. The molecule has 0 spiro atoms. The van der Waals surface area contributed by atoms with Crippen LogP contribution in [0.5, 0.6) is 11.5 Å². The highest BCUT2D eigenvalue weighted by Gasteiger charge is 2.24. The van der Waals surface area contributed by atoms with Gasteiger partial charge in [-0.3, -0.25) is 9.11 Å². The van der Waals surface area contributed by atoms with E-state index in [2.05, 4.69) is 0 Å². The summed E-state index contributed by atoms with van der Waals surface area (Å²) in [5.74, 6) is -5.48. The maximum atomic E-state index is 11.4. The van der Waals surface area contributed by atoms with Crippen molar-refractivity contribution in [2.75, 3.05) is 0 Å². The van der Waals surface area contributed by atoms with Gasteiger partial charge in [0.1, 0.15) is 22.6 Å². The number of hydrogen-bond donors (Lipinski definition) is 6. The van der Waals surface area contributed by atoms with Crippen molar-refractivity contribution in [1.29, 1.82) is 0 Å². The molecule has 6 N–H and O–H groups in total. The quantitative estimate of drug-likeness (QED) is 0.334. The second-order valence-electron chi connectivity index (χ2n) is 5.69. The van der Waals surface area contributed by atoms with E-state index in [9.17, 15) is 36.6 Å². The van der Waals surface area contributed by atoms with E-state index >= 15 is 0 Å². The number of rotatable bonds is 6. The fourth-order valence-electron chi connectivity index (χ4n) is 2.43. The van der Waals surface area contributed by atoms with Gasteiger partial charge in [0.25, 0.3) is 20.2 Å². The van der Waals surface area contributed by atoms with Gasteiger partial charge in [-0.15, -0.1) is 0 Å². The van der Waals surface area contributed by atoms with E-state index in [1.54, 1.807) is 0 Å². The Kier molecular flexibility index (Phi) is 5.58. The van der Waals surface area contributed by atoms with E-state index in [-0.39, 0.29) is 0 Å². The summed E-state index contributed by atoms with van der Waals surface area (Å²) in [4.78, 5) is 20.6. The maximum absolute atomic E-state index is 11.4. The third kappa shape index (κ3) is 4.62. The van der Waals surface area contributed by atoms with Crippen LogP contribution in [0.25, 0.3) is 0 Å². The Morgan fingerprint density at radius 1 is 0.690 bits per heavy atom. The predicted octanol–water partition coefficient (Wildman–Crippen LogP) is 0.578. The molecule has 0 heterocycles. The van der Waals surface area contributed by atoms with Crippen LogP contribution in [0.4, 0.5) is 0 Å². The first-order valence-electron chi connectivity index (χ1n) is 7.26. The fraction of sp³-hybridized carbons (Fsp3) is 0.0667. The Morgan fingerprint density at radius 3 is 1.24 bits per heavy atom. The van der Waals surface area contributed by atoms with Gasteiger partial charge in [0.15, 0.2) is 0 Å². The zero-order chi connectivity index (χ0) is 22.3. The van der Waals surface area contributed by atoms with Crippen molar-refractivity contribution in [3.8, 4) is 11.5 Å². The molecule has 156 valence electrons. The van der Waals surface area contributed by atoms with Crippen LogP contribution in [-0.2, 0) is 26.7 Å². The zero-order valence-electron chi connectivity index (χ0n) is 14.0. The lowest BCUT2D eigenvalue weighted by atomic mass is 9.98. The summed E-state index contributed by atoms with van der Waals surface area (Å²) in [7, 11) is -9.84. The Bertz CT molecular complexity index is 1150. The molecule has 0 amide bonds. The summed E-state index contributed by atoms with van der Waals surface area (Å²) in [6.45, 7) is 0. The minimum Gasteiger partial charge on any atom is -0.507 e. The standard InChI is InChI=1S/C15H12O12S2/c16-12-6(2-8(28(22,23)24)4-10(12)14(18)19)1-7-3-9(29(25,26)27)5-11(13(7)17)15(20)21/h2-5,16-17H,1H2,(H,18,19)(H,20,21)(H,22,23,24)(H,25,26,27). The zero-order valence-corrected chi connectivity index (χ0v) is 15.6. The molecule has 0 aliphatic carbocycles. The van der Waals surface area contributed by atoms with Gasteiger partial charge in [-0.1, -0.05) is 0 Å². The Labute approximate surface area is 162 Å². The van der Waals surface area contributed by atoms with E-state index in [4.69, 9.17) is 19.3 Å². The van der Waals surface area contributed by atoms with E-state index in [1.165, 1.54) is 0 Å². The van der Waals surface area contributed by atoms with E-state index in [0.29, 0.717) is 24.3 Å². The molecule has 29 heavy (non-hydrogen) atoms. The number of hydrogen-bond acceptors (Lipinski definition) is 8. The van der Waals surface area contributed by atoms with Crippen molar-refractivity contribution in [2.24, 2.45) is 0 Å². The molecule has 2 aromatic rings. The summed E-state index contributed by atoms with van der Waals surface area (Å²) in [6.07, 6.45) is -0.759. The Morgan fingerprint density at radius 2 is 1.00 bits per heavy atom. The van der Waals surface area contributed by atoms with E-state index in [0.717, 1.165) is 0 Å². The molecule has 0 atom stereocenters. The number of carboxylic acid groups (broad SMARTS) is 2. The molecule has 0 saturated carbocycles. The van der Waals surface area contributed by atoms with Crippen LogP contribution >= 0.6 is 0 Å². The number of carboxylic acids is 2. The number of aromatic carboxylic acids is 2. The minimum absolute atomic E-state index is 0.466. The molecular weight excluding hydrogens is 436 g/mol. The predicted molar refractivity (Wildman–Crippen MR) is 92.6 cm³/mol. The van der Waals surface area contributed by atoms with Gasteiger partial charge in [0.05, 0.1) is 9.79 Å². The summed E-state index contributed by atoms with van der Waals surface area (Å²) < 4.78 is 63.8. The van der Waals surface area contributed by atoms with Crippen LogP contribution in [-0.4, -0.2) is 58.3 Å². The van der Waals surface area contributed by atoms with E-state index < -0.39 is 82.1 Å². The summed E-state index contributed by atoms with van der Waals surface area (Å²) in [5, 5.41) is 38.4. The monoisotopic (exact) mass is 448 g/mol. The second-order valence-corrected chi connectivity index (χ2v) is 8.54. The smallest absolute Gasteiger partial charge is 0.339 e. The first kappa shape index (κ1) is 22.1. The fourth-order valence-corrected chi connectivity index (χ4v) is 3.55. The molecule has 2 aromatic carbocycles. The highest BCUT2D eigenvalue weighted by atomic mass is 32.2. The van der Waals surface area contributed by atoms with Gasteiger partial charge in [-0.25, -0.2) is 9.59 Å². The van der Waals surface area contributed by atoms with Crippen LogP contribution in [0.2, 0.25) is 0 Å². The van der Waals surface area contributed by atoms with Gasteiger partial charge in [-0.2, -0.15) is 16.8 Å². The van der Waals surface area contributed by atoms with Crippen LogP contribution in [0.15, 0.2) is 34.1 Å². The Hall–Kier alpha value is -3.20. The van der Waals surface area contributed by atoms with Crippen molar-refractivity contribution >= 4 is 32.2 Å². The lowest BCUT2D eigenvalue weighted by Crippen LogP contribution is -2.08. The van der Waals surface area contributed by atoms with Gasteiger partial charge in [0, 0.05) is 17.5 Å². The third-order valence-electron chi connectivity index (χ3n) is 3.76. The van der Waals surface area contributed by atoms with E-state index in [1.807, 2.05) is 0 Å². The first-order chi connectivity index (χ1) is 13.1. The highest BCUT2D eigenvalue weighted by molar-refractivity contribution is 7.86. The number of carbonyl (C=O) groups is 2. The largest absolute Gasteiger partial charge is 0.507 e. The maximum Gasteiger partial charge on any atom is 0.339 e. The molecule has 0 unspecified atom stereocenters. The SMILES string of the molecule is O=C(O)c1cc(S(=O)(=O)O)cc(Cc2cc(S(=O)(=O)O)cc(C(=O)O)c2O)c1O. The molecule has 0 aliphatic rings. The lowest BCUT2D eigenvalue weighted by molar-refractivity contribution is 0.0682. The van der Waals surface area contributed by atoms with Gasteiger partial charge in [0.2, 0.25) is 0 Å². The van der Waals surface area contributed by atoms with Crippen molar-refractivity contribution in [3.63, 3.8) is 0 Å². The van der Waals surface area contributed by atoms with Crippen LogP contribution in [0, 0.1) is 0 Å². The van der Waals surface area contributed by atoms with Crippen molar-refractivity contribution in [1.82, 2.24) is 0 Å². The molecule has 2 rings (SSSR count). The molecule has 0 radical (unpaired) electrons. The van der Waals surface area contributed by atoms with Crippen LogP contribution < -0.4 is 0 Å². The molecule has 0 aromatic heterocycles. The Balaban J connectivity index is 2.80. The number of aromatic hydroxyl groups is 2. The van der Waals surface area contributed by atoms with Gasteiger partial charge < -0.3 is 20.4 Å². The average Bonchev–Trinajstić information content (AvgIpc) is 2.55. The van der Waals surface area contributed by atoms with Gasteiger partial charge >= 0.3 is 11.9 Å². The molecule has 14 heteroatoms. The summed E-state index contributed by atoms with van der Waals surface area (Å²) in [5.41, 5.74) is -2.87. The van der Waals surface area contributed by atoms with Crippen molar-refractivity contribution < 1.29 is 56.0 Å². The first-order valence-corrected chi connectivity index (χ1v) is 10.1. The third-order valence-corrected chi connectivity index (χ3v) is 5.43. The molecular formula is C15H12O12S2.